The number of phenolic OH excluding ortho intramolecular Hbond substituents is 1. The number of rotatable bonds is 2. The van der Waals surface area contributed by atoms with Crippen LogP contribution in [0, 0.1) is 5.41 Å². The van der Waals surface area contributed by atoms with E-state index < -0.39 is 28.7 Å². The Labute approximate surface area is 147 Å². The summed E-state index contributed by atoms with van der Waals surface area (Å²) in [6.07, 6.45) is -0.0535. The molecule has 0 saturated heterocycles. The molecule has 1 aliphatic carbocycles. The van der Waals surface area contributed by atoms with E-state index in [2.05, 4.69) is 0 Å². The van der Waals surface area contributed by atoms with Gasteiger partial charge in [0.15, 0.2) is 11.5 Å². The number of aromatic hydroxyl groups is 1. The first-order valence-corrected chi connectivity index (χ1v) is 8.61. The number of carboxylic acids is 1. The Morgan fingerprint density at radius 2 is 1.92 bits per heavy atom. The van der Waals surface area contributed by atoms with Crippen LogP contribution in [0.4, 0.5) is 0 Å². The summed E-state index contributed by atoms with van der Waals surface area (Å²) < 4.78 is 5.88. The molecule has 1 aliphatic heterocycles. The molecule has 1 aromatic carbocycles. The smallest absolute Gasteiger partial charge is 0.336 e. The van der Waals surface area contributed by atoms with E-state index in [4.69, 9.17) is 4.74 Å². The lowest BCUT2D eigenvalue weighted by molar-refractivity contribution is -0.284. The summed E-state index contributed by atoms with van der Waals surface area (Å²) in [6, 6.07) is 1.47. The molecule has 1 heterocycles. The molecule has 2 aliphatic rings. The van der Waals surface area contributed by atoms with Crippen molar-refractivity contribution < 1.29 is 30.0 Å². The van der Waals surface area contributed by atoms with Crippen molar-refractivity contribution in [1.29, 1.82) is 0 Å². The van der Waals surface area contributed by atoms with Gasteiger partial charge in [0.05, 0.1) is 22.5 Å². The zero-order valence-electron chi connectivity index (χ0n) is 15.3. The average molecular weight is 350 g/mol. The van der Waals surface area contributed by atoms with Crippen LogP contribution in [0.1, 0.15) is 74.9 Å². The molecule has 0 aromatic heterocycles. The van der Waals surface area contributed by atoms with Crippen molar-refractivity contribution in [2.75, 3.05) is 0 Å². The molecule has 0 radical (unpaired) electrons. The first kappa shape index (κ1) is 18.0. The lowest BCUT2D eigenvalue weighted by Crippen LogP contribution is -2.66. The van der Waals surface area contributed by atoms with Gasteiger partial charge in [0.2, 0.25) is 5.79 Å². The van der Waals surface area contributed by atoms with Gasteiger partial charge in [-0.2, -0.15) is 0 Å². The van der Waals surface area contributed by atoms with Gasteiger partial charge in [0, 0.05) is 11.1 Å². The minimum atomic E-state index is -1.82. The Hall–Kier alpha value is -1.79. The average Bonchev–Trinajstić information content (AvgIpc) is 2.75. The highest BCUT2D eigenvalue weighted by Crippen LogP contribution is 2.64. The van der Waals surface area contributed by atoms with Gasteiger partial charge in [-0.05, 0) is 31.7 Å². The largest absolute Gasteiger partial charge is 0.504 e. The molecule has 1 saturated carbocycles. The Bertz CT molecular complexity index is 753. The lowest BCUT2D eigenvalue weighted by atomic mass is 9.56. The van der Waals surface area contributed by atoms with Gasteiger partial charge in [-0.25, -0.2) is 4.79 Å². The molecule has 0 spiro atoms. The van der Waals surface area contributed by atoms with Gasteiger partial charge < -0.3 is 25.2 Å². The second-order valence-corrected chi connectivity index (χ2v) is 8.38. The first-order chi connectivity index (χ1) is 11.4. The highest BCUT2D eigenvalue weighted by molar-refractivity contribution is 5.92. The van der Waals surface area contributed by atoms with Gasteiger partial charge >= 0.3 is 5.97 Å². The van der Waals surface area contributed by atoms with Gasteiger partial charge in [-0.15, -0.1) is 0 Å². The Morgan fingerprint density at radius 3 is 2.44 bits per heavy atom. The zero-order valence-corrected chi connectivity index (χ0v) is 15.3. The van der Waals surface area contributed by atoms with Gasteiger partial charge in [-0.3, -0.25) is 0 Å². The number of fused-ring (bicyclic) bond motifs is 3. The summed E-state index contributed by atoms with van der Waals surface area (Å²) >= 11 is 0. The van der Waals surface area contributed by atoms with E-state index in [9.17, 15) is 25.2 Å². The molecule has 0 bridgehead atoms. The molecule has 6 heteroatoms. The van der Waals surface area contributed by atoms with Crippen LogP contribution >= 0.6 is 0 Å². The van der Waals surface area contributed by atoms with Crippen molar-refractivity contribution in [1.82, 2.24) is 0 Å². The number of benzene rings is 1. The van der Waals surface area contributed by atoms with Crippen LogP contribution in [-0.4, -0.2) is 38.3 Å². The molecule has 1 aromatic rings. The predicted molar refractivity (Wildman–Crippen MR) is 91.1 cm³/mol. The number of carbonyl (C=O) groups is 1. The SMILES string of the molecule is CC(C)c1cc(C(=O)O)c2c(c1O)O[C@]1(O)C(C)(C)[C@@H](O)CC[C@]21C. The Kier molecular flexibility index (Phi) is 3.68. The summed E-state index contributed by atoms with van der Waals surface area (Å²) in [6.45, 7) is 8.83. The number of hydrogen-bond donors (Lipinski definition) is 4. The van der Waals surface area contributed by atoms with Crippen molar-refractivity contribution in [3.63, 3.8) is 0 Å². The van der Waals surface area contributed by atoms with Gasteiger partial charge in [0.1, 0.15) is 0 Å². The van der Waals surface area contributed by atoms with Crippen molar-refractivity contribution >= 4 is 5.97 Å². The number of ether oxygens (including phenoxy) is 1. The quantitative estimate of drug-likeness (QED) is 0.653. The Balaban J connectivity index is 2.36. The number of aliphatic hydroxyl groups excluding tert-OH is 1. The number of hydrogen-bond acceptors (Lipinski definition) is 5. The van der Waals surface area contributed by atoms with Crippen molar-refractivity contribution in [3.8, 4) is 11.5 Å². The third-order valence-corrected chi connectivity index (χ3v) is 6.31. The summed E-state index contributed by atoms with van der Waals surface area (Å²) in [4.78, 5) is 11.9. The van der Waals surface area contributed by atoms with E-state index in [1.54, 1.807) is 20.8 Å². The molecular weight excluding hydrogens is 324 g/mol. The second kappa shape index (κ2) is 5.11. The first-order valence-electron chi connectivity index (χ1n) is 8.61. The molecule has 6 nitrogen and oxygen atoms in total. The summed E-state index contributed by atoms with van der Waals surface area (Å²) in [5.74, 6) is -3.18. The molecule has 0 amide bonds. The predicted octanol–water partition coefficient (Wildman–Crippen LogP) is 2.73. The summed E-state index contributed by atoms with van der Waals surface area (Å²) in [5, 5.41) is 42.3. The van der Waals surface area contributed by atoms with Gasteiger partial charge in [-0.1, -0.05) is 27.7 Å². The summed E-state index contributed by atoms with van der Waals surface area (Å²) in [5.41, 5.74) is -1.29. The van der Waals surface area contributed by atoms with Crippen LogP contribution < -0.4 is 4.74 Å². The van der Waals surface area contributed by atoms with E-state index in [1.807, 2.05) is 13.8 Å². The molecule has 25 heavy (non-hydrogen) atoms. The van der Waals surface area contributed by atoms with Gasteiger partial charge in [0.25, 0.3) is 0 Å². The van der Waals surface area contributed by atoms with Crippen LogP contribution in [0.15, 0.2) is 6.07 Å². The zero-order chi connectivity index (χ0) is 18.9. The van der Waals surface area contributed by atoms with E-state index in [0.717, 1.165) is 0 Å². The normalized spacial score (nSPS) is 32.9. The monoisotopic (exact) mass is 350 g/mol. The van der Waals surface area contributed by atoms with E-state index >= 15 is 0 Å². The van der Waals surface area contributed by atoms with E-state index in [-0.39, 0.29) is 23.0 Å². The third-order valence-electron chi connectivity index (χ3n) is 6.31. The lowest BCUT2D eigenvalue weighted by Gasteiger charge is -2.54. The fraction of sp³-hybridized carbons (Fsp3) is 0.632. The topological polar surface area (TPSA) is 107 Å². The molecular formula is C19H26O6. The maximum absolute atomic E-state index is 11.9. The molecule has 4 N–H and O–H groups in total. The standard InChI is InChI=1S/C19H26O6/c1-9(2)10-8-11(16(22)23)13-15(14(10)21)25-19(24)17(3,4)12(20)6-7-18(13,19)5/h8-9,12,20-21,24H,6-7H2,1-5H3,(H,22,23)/t12-,18+,19+/m0/s1. The maximum atomic E-state index is 11.9. The molecule has 1 fully saturated rings. The second-order valence-electron chi connectivity index (χ2n) is 8.38. The number of aliphatic hydroxyl groups is 2. The highest BCUT2D eigenvalue weighted by atomic mass is 16.6. The van der Waals surface area contributed by atoms with E-state index in [1.165, 1.54) is 6.07 Å². The minimum Gasteiger partial charge on any atom is -0.504 e. The van der Waals surface area contributed by atoms with E-state index in [0.29, 0.717) is 24.0 Å². The number of phenols is 1. The fourth-order valence-electron chi connectivity index (χ4n) is 4.50. The third kappa shape index (κ3) is 2.01. The van der Waals surface area contributed by atoms with Crippen LogP contribution in [-0.2, 0) is 5.41 Å². The number of carboxylic acid groups (broad SMARTS) is 1. The van der Waals surface area contributed by atoms with Crippen LogP contribution in [0.25, 0.3) is 0 Å². The van der Waals surface area contributed by atoms with Crippen LogP contribution in [0.2, 0.25) is 0 Å². The molecule has 3 atom stereocenters. The minimum absolute atomic E-state index is 0.0239. The number of aromatic carboxylic acids is 1. The van der Waals surface area contributed by atoms with Crippen molar-refractivity contribution in [3.05, 3.63) is 22.8 Å². The van der Waals surface area contributed by atoms with Crippen LogP contribution in [0.5, 0.6) is 11.5 Å². The molecule has 0 unspecified atom stereocenters. The Morgan fingerprint density at radius 1 is 1.32 bits per heavy atom. The fourth-order valence-corrected chi connectivity index (χ4v) is 4.50. The maximum Gasteiger partial charge on any atom is 0.336 e. The van der Waals surface area contributed by atoms with Crippen LogP contribution in [0.3, 0.4) is 0 Å². The van der Waals surface area contributed by atoms with Crippen molar-refractivity contribution in [2.24, 2.45) is 5.41 Å². The molecule has 3 rings (SSSR count). The molecule has 138 valence electrons. The summed E-state index contributed by atoms with van der Waals surface area (Å²) in [7, 11) is 0. The van der Waals surface area contributed by atoms with Crippen molar-refractivity contribution in [2.45, 2.75) is 70.7 Å². The highest BCUT2D eigenvalue weighted by Gasteiger charge is 2.69.